The van der Waals surface area contributed by atoms with E-state index in [9.17, 15) is 9.59 Å². The Balaban J connectivity index is 1.28. The summed E-state index contributed by atoms with van der Waals surface area (Å²) >= 11 is 7.90. The minimum Gasteiger partial charge on any atom is -0.381 e. The minimum absolute atomic E-state index is 0.0231. The van der Waals surface area contributed by atoms with Gasteiger partial charge in [0, 0.05) is 42.3 Å². The zero-order valence-corrected chi connectivity index (χ0v) is 20.7. The Labute approximate surface area is 211 Å². The molecular weight excluding hydrogens is 488 g/mol. The second kappa shape index (κ2) is 10.3. The molecule has 0 saturated carbocycles. The first-order chi connectivity index (χ1) is 17.0. The van der Waals surface area contributed by atoms with Crippen molar-refractivity contribution in [2.75, 3.05) is 25.1 Å². The van der Waals surface area contributed by atoms with Gasteiger partial charge < -0.3 is 20.3 Å². The molecule has 2 aliphatic rings. The van der Waals surface area contributed by atoms with Crippen LogP contribution in [0.2, 0.25) is 5.02 Å². The standard InChI is InChI=1S/C24H25ClN6O3S/c1-14(20-12-35-13-27-20)28-21(32)11-31-10-16-3-2-15(8-18(16)23(31)33)22-19(25)9-26-24(30-22)29-17-4-6-34-7-5-17/h2-3,8-9,12-14,17H,4-7,10-11H2,1H3,(H,28,32)(H,26,29,30). The van der Waals surface area contributed by atoms with Crippen LogP contribution in [0.25, 0.3) is 11.3 Å². The van der Waals surface area contributed by atoms with Gasteiger partial charge in [0.25, 0.3) is 5.91 Å². The van der Waals surface area contributed by atoms with Gasteiger partial charge in [-0.2, -0.15) is 0 Å². The van der Waals surface area contributed by atoms with Gasteiger partial charge in [-0.25, -0.2) is 15.0 Å². The number of halogens is 1. The zero-order chi connectivity index (χ0) is 24.4. The average Bonchev–Trinajstić information content (AvgIpc) is 3.50. The first-order valence-electron chi connectivity index (χ1n) is 11.4. The Morgan fingerprint density at radius 1 is 1.31 bits per heavy atom. The molecule has 182 valence electrons. The number of benzene rings is 1. The third-order valence-corrected chi connectivity index (χ3v) is 7.05. The number of carbonyl (C=O) groups excluding carboxylic acids is 2. The number of ether oxygens (including phenoxy) is 1. The number of amides is 2. The second-order valence-electron chi connectivity index (χ2n) is 8.66. The fraction of sp³-hybridized carbons (Fsp3) is 0.375. The van der Waals surface area contributed by atoms with Gasteiger partial charge in [0.2, 0.25) is 11.9 Å². The van der Waals surface area contributed by atoms with Crippen molar-refractivity contribution >= 4 is 40.7 Å². The molecule has 2 amide bonds. The number of rotatable bonds is 7. The lowest BCUT2D eigenvalue weighted by Crippen LogP contribution is -2.38. The molecule has 0 spiro atoms. The maximum Gasteiger partial charge on any atom is 0.254 e. The summed E-state index contributed by atoms with van der Waals surface area (Å²) in [5, 5.41) is 8.55. The summed E-state index contributed by atoms with van der Waals surface area (Å²) in [4.78, 5) is 40.3. The van der Waals surface area contributed by atoms with Gasteiger partial charge in [-0.3, -0.25) is 9.59 Å². The van der Waals surface area contributed by atoms with Gasteiger partial charge in [0.15, 0.2) is 0 Å². The Hall–Kier alpha value is -3.08. The number of nitrogens with one attached hydrogen (secondary N) is 2. The van der Waals surface area contributed by atoms with Crippen molar-refractivity contribution in [3.63, 3.8) is 0 Å². The molecule has 4 heterocycles. The molecule has 0 aliphatic carbocycles. The third kappa shape index (κ3) is 5.29. The number of nitrogens with zero attached hydrogens (tertiary/aromatic N) is 4. The molecule has 5 rings (SSSR count). The van der Waals surface area contributed by atoms with Crippen molar-refractivity contribution in [3.8, 4) is 11.3 Å². The van der Waals surface area contributed by atoms with E-state index in [2.05, 4.69) is 25.6 Å². The molecule has 1 fully saturated rings. The Morgan fingerprint density at radius 3 is 2.91 bits per heavy atom. The predicted molar refractivity (Wildman–Crippen MR) is 133 cm³/mol. The van der Waals surface area contributed by atoms with E-state index in [1.165, 1.54) is 16.2 Å². The van der Waals surface area contributed by atoms with Gasteiger partial charge in [0.05, 0.1) is 34.2 Å². The number of aromatic nitrogens is 3. The van der Waals surface area contributed by atoms with Crippen molar-refractivity contribution in [1.29, 1.82) is 0 Å². The number of hydrogen-bond donors (Lipinski definition) is 2. The topological polar surface area (TPSA) is 109 Å². The van der Waals surface area contributed by atoms with E-state index in [1.807, 2.05) is 24.4 Å². The Morgan fingerprint density at radius 2 is 2.14 bits per heavy atom. The molecule has 1 atom stereocenters. The smallest absolute Gasteiger partial charge is 0.254 e. The summed E-state index contributed by atoms with van der Waals surface area (Å²) in [5.41, 5.74) is 5.23. The van der Waals surface area contributed by atoms with Crippen LogP contribution in [0.15, 0.2) is 35.3 Å². The van der Waals surface area contributed by atoms with Crippen LogP contribution < -0.4 is 10.6 Å². The molecule has 0 bridgehead atoms. The normalized spacial score (nSPS) is 16.7. The summed E-state index contributed by atoms with van der Waals surface area (Å²) in [6.45, 7) is 3.65. The SMILES string of the molecule is CC(NC(=O)CN1Cc2ccc(-c3nc(NC4CCOCC4)ncc3Cl)cc2C1=O)c1cscn1. The highest BCUT2D eigenvalue weighted by atomic mass is 35.5. The minimum atomic E-state index is -0.227. The van der Waals surface area contributed by atoms with Crippen LogP contribution in [0.5, 0.6) is 0 Å². The summed E-state index contributed by atoms with van der Waals surface area (Å²) in [7, 11) is 0. The van der Waals surface area contributed by atoms with Crippen LogP contribution in [0.4, 0.5) is 5.95 Å². The van der Waals surface area contributed by atoms with E-state index in [1.54, 1.807) is 17.8 Å². The van der Waals surface area contributed by atoms with Crippen LogP contribution in [-0.2, 0) is 16.1 Å². The van der Waals surface area contributed by atoms with Gasteiger partial charge >= 0.3 is 0 Å². The molecule has 35 heavy (non-hydrogen) atoms. The zero-order valence-electron chi connectivity index (χ0n) is 19.2. The average molecular weight is 513 g/mol. The number of carbonyl (C=O) groups is 2. The summed E-state index contributed by atoms with van der Waals surface area (Å²) in [5.74, 6) is 0.0780. The maximum absolute atomic E-state index is 13.1. The van der Waals surface area contributed by atoms with E-state index in [4.69, 9.17) is 16.3 Å². The summed E-state index contributed by atoms with van der Waals surface area (Å²) in [6, 6.07) is 5.61. The van der Waals surface area contributed by atoms with Gasteiger partial charge in [-0.05, 0) is 31.4 Å². The fourth-order valence-corrected chi connectivity index (χ4v) is 5.12. The third-order valence-electron chi connectivity index (χ3n) is 6.17. The Kier molecular flexibility index (Phi) is 6.94. The second-order valence-corrected chi connectivity index (χ2v) is 9.78. The summed E-state index contributed by atoms with van der Waals surface area (Å²) < 4.78 is 5.41. The van der Waals surface area contributed by atoms with E-state index in [0.29, 0.717) is 42.0 Å². The molecule has 1 unspecified atom stereocenters. The van der Waals surface area contributed by atoms with Gasteiger partial charge in [0.1, 0.15) is 6.54 Å². The lowest BCUT2D eigenvalue weighted by Gasteiger charge is -2.23. The molecule has 2 aliphatic heterocycles. The summed E-state index contributed by atoms with van der Waals surface area (Å²) in [6.07, 6.45) is 3.35. The molecular formula is C24H25ClN6O3S. The fourth-order valence-electron chi connectivity index (χ4n) is 4.27. The van der Waals surface area contributed by atoms with Crippen molar-refractivity contribution in [1.82, 2.24) is 25.2 Å². The number of hydrogen-bond acceptors (Lipinski definition) is 8. The molecule has 9 nitrogen and oxygen atoms in total. The number of fused-ring (bicyclic) bond motifs is 1. The lowest BCUT2D eigenvalue weighted by atomic mass is 10.0. The first-order valence-corrected chi connectivity index (χ1v) is 12.8. The molecule has 2 N–H and O–H groups in total. The lowest BCUT2D eigenvalue weighted by molar-refractivity contribution is -0.122. The van der Waals surface area contributed by atoms with Crippen molar-refractivity contribution in [2.45, 2.75) is 38.4 Å². The van der Waals surface area contributed by atoms with Crippen LogP contribution in [0, 0.1) is 0 Å². The predicted octanol–water partition coefficient (Wildman–Crippen LogP) is 3.68. The van der Waals surface area contributed by atoms with Crippen LogP contribution in [0.3, 0.4) is 0 Å². The first kappa shape index (κ1) is 23.7. The largest absolute Gasteiger partial charge is 0.381 e. The quantitative estimate of drug-likeness (QED) is 0.497. The van der Waals surface area contributed by atoms with Gasteiger partial charge in [-0.15, -0.1) is 11.3 Å². The van der Waals surface area contributed by atoms with Crippen LogP contribution in [-0.4, -0.2) is 57.5 Å². The number of thiazole rings is 1. The van der Waals surface area contributed by atoms with Crippen LogP contribution in [0.1, 0.15) is 47.4 Å². The van der Waals surface area contributed by atoms with E-state index >= 15 is 0 Å². The van der Waals surface area contributed by atoms with Crippen molar-refractivity contribution < 1.29 is 14.3 Å². The van der Waals surface area contributed by atoms with E-state index in [0.717, 1.165) is 29.7 Å². The molecule has 3 aromatic rings. The molecule has 2 aromatic heterocycles. The highest BCUT2D eigenvalue weighted by molar-refractivity contribution is 7.07. The molecule has 1 saturated heterocycles. The monoisotopic (exact) mass is 512 g/mol. The number of anilines is 1. The van der Waals surface area contributed by atoms with Crippen molar-refractivity contribution in [3.05, 3.63) is 57.1 Å². The molecule has 1 aromatic carbocycles. The van der Waals surface area contributed by atoms with Gasteiger partial charge in [-0.1, -0.05) is 23.7 Å². The maximum atomic E-state index is 13.1. The Bertz CT molecular complexity index is 1230. The molecule has 11 heteroatoms. The van der Waals surface area contributed by atoms with E-state index in [-0.39, 0.29) is 30.4 Å². The van der Waals surface area contributed by atoms with Crippen LogP contribution >= 0.6 is 22.9 Å². The molecule has 0 radical (unpaired) electrons. The highest BCUT2D eigenvalue weighted by Gasteiger charge is 2.30. The van der Waals surface area contributed by atoms with E-state index < -0.39 is 0 Å². The van der Waals surface area contributed by atoms with Crippen molar-refractivity contribution in [2.24, 2.45) is 0 Å². The highest BCUT2D eigenvalue weighted by Crippen LogP contribution is 2.31.